The summed E-state index contributed by atoms with van der Waals surface area (Å²) in [6.07, 6.45) is 4.41. The molecule has 8 rings (SSSR count). The number of nitrogens with zero attached hydrogens (tertiary/aromatic N) is 2. The molecular formula is C54H52N2Si2. The number of anilines is 6. The van der Waals surface area contributed by atoms with Crippen LogP contribution in [-0.4, -0.2) is 16.1 Å². The Morgan fingerprint density at radius 2 is 0.655 bits per heavy atom. The zero-order valence-electron chi connectivity index (χ0n) is 34.5. The molecule has 0 fully saturated rings. The highest BCUT2D eigenvalue weighted by Crippen LogP contribution is 2.37. The maximum Gasteiger partial charge on any atom is 0.0775 e. The minimum absolute atomic E-state index is 1.14. The summed E-state index contributed by atoms with van der Waals surface area (Å²) >= 11 is 0. The van der Waals surface area contributed by atoms with Crippen molar-refractivity contribution < 1.29 is 0 Å². The molecule has 58 heavy (non-hydrogen) atoms. The van der Waals surface area contributed by atoms with E-state index in [2.05, 4.69) is 255 Å². The molecule has 0 aromatic heterocycles. The van der Waals surface area contributed by atoms with Gasteiger partial charge in [-0.05, 0) is 112 Å². The molecule has 0 aliphatic heterocycles. The number of hydrogen-bond donors (Lipinski definition) is 0. The maximum absolute atomic E-state index is 2.40. The molecule has 0 aliphatic carbocycles. The van der Waals surface area contributed by atoms with Crippen molar-refractivity contribution in [2.24, 2.45) is 0 Å². The molecule has 8 aromatic rings. The van der Waals surface area contributed by atoms with Crippen molar-refractivity contribution in [2.75, 3.05) is 9.80 Å². The third kappa shape index (κ3) is 8.69. The van der Waals surface area contributed by atoms with E-state index in [0.29, 0.717) is 0 Å². The Hall–Kier alpha value is -6.21. The first-order valence-electron chi connectivity index (χ1n) is 20.3. The van der Waals surface area contributed by atoms with E-state index in [1.165, 1.54) is 54.8 Å². The predicted octanol–water partition coefficient (Wildman–Crippen LogP) is 14.7. The minimum Gasteiger partial charge on any atom is -0.311 e. The Morgan fingerprint density at radius 1 is 0.310 bits per heavy atom. The van der Waals surface area contributed by atoms with Crippen LogP contribution in [-0.2, 0) is 0 Å². The van der Waals surface area contributed by atoms with Gasteiger partial charge in [-0.3, -0.25) is 0 Å². The lowest BCUT2D eigenvalue weighted by Gasteiger charge is -2.27. The zero-order chi connectivity index (χ0) is 40.3. The summed E-state index contributed by atoms with van der Waals surface area (Å²) in [4.78, 5) is 4.69. The summed E-state index contributed by atoms with van der Waals surface area (Å²) in [6.45, 7) is 14.4. The topological polar surface area (TPSA) is 6.48 Å². The van der Waals surface area contributed by atoms with Crippen LogP contribution >= 0.6 is 0 Å². The fourth-order valence-electron chi connectivity index (χ4n) is 7.55. The van der Waals surface area contributed by atoms with Crippen molar-refractivity contribution in [1.29, 1.82) is 0 Å². The van der Waals surface area contributed by atoms with Crippen LogP contribution in [0, 0.1) is 0 Å². The molecule has 0 heterocycles. The van der Waals surface area contributed by atoms with E-state index in [-0.39, 0.29) is 0 Å². The molecule has 0 spiro atoms. The van der Waals surface area contributed by atoms with E-state index in [1.54, 1.807) is 0 Å². The molecule has 0 aliphatic rings. The van der Waals surface area contributed by atoms with E-state index in [1.807, 2.05) is 0 Å². The van der Waals surface area contributed by atoms with E-state index < -0.39 is 16.1 Å². The summed E-state index contributed by atoms with van der Waals surface area (Å²) in [5, 5.41) is 5.38. The first-order valence-corrected chi connectivity index (χ1v) is 27.3. The quantitative estimate of drug-likeness (QED) is 0.0952. The molecule has 0 radical (unpaired) electrons. The molecule has 2 nitrogen and oxygen atoms in total. The van der Waals surface area contributed by atoms with Gasteiger partial charge in [0.1, 0.15) is 0 Å². The molecule has 0 atom stereocenters. The van der Waals surface area contributed by atoms with Crippen LogP contribution in [0.1, 0.15) is 11.1 Å². The van der Waals surface area contributed by atoms with Gasteiger partial charge in [-0.25, -0.2) is 0 Å². The van der Waals surface area contributed by atoms with Crippen LogP contribution < -0.4 is 20.2 Å². The second-order valence-corrected chi connectivity index (χ2v) is 27.4. The average Bonchev–Trinajstić information content (AvgIpc) is 3.24. The fraction of sp³-hybridized carbons (Fsp3) is 0.111. The molecule has 8 aromatic carbocycles. The monoisotopic (exact) mass is 784 g/mol. The number of para-hydroxylation sites is 2. The van der Waals surface area contributed by atoms with Gasteiger partial charge >= 0.3 is 0 Å². The number of hydrogen-bond acceptors (Lipinski definition) is 2. The van der Waals surface area contributed by atoms with E-state index in [9.17, 15) is 0 Å². The molecule has 0 saturated heterocycles. The SMILES string of the molecule is C[Si](C)(C)c1ccc(N(c2ccccc2)c2ccc(-c3ccc(C=Cc4ccc5cc(N(c6ccccc6)c6ccc([Si](C)(C)C)cc6)ccc5c4)cc3)cc2)cc1. The normalized spacial score (nSPS) is 11.9. The summed E-state index contributed by atoms with van der Waals surface area (Å²) < 4.78 is 0. The molecule has 0 N–H and O–H groups in total. The van der Waals surface area contributed by atoms with Gasteiger partial charge < -0.3 is 9.80 Å². The van der Waals surface area contributed by atoms with Crippen molar-refractivity contribution in [3.05, 3.63) is 205 Å². The van der Waals surface area contributed by atoms with Gasteiger partial charge in [0.2, 0.25) is 0 Å². The average molecular weight is 785 g/mol. The maximum atomic E-state index is 2.40. The second kappa shape index (κ2) is 16.3. The third-order valence-electron chi connectivity index (χ3n) is 11.0. The van der Waals surface area contributed by atoms with Gasteiger partial charge in [0.25, 0.3) is 0 Å². The first kappa shape index (κ1) is 38.7. The lowest BCUT2D eigenvalue weighted by Crippen LogP contribution is -2.37. The predicted molar refractivity (Wildman–Crippen MR) is 260 cm³/mol. The Kier molecular flexibility index (Phi) is 10.9. The zero-order valence-corrected chi connectivity index (χ0v) is 36.5. The van der Waals surface area contributed by atoms with Crippen LogP contribution in [0.4, 0.5) is 34.1 Å². The van der Waals surface area contributed by atoms with E-state index in [0.717, 1.165) is 22.7 Å². The highest BCUT2D eigenvalue weighted by molar-refractivity contribution is 6.89. The summed E-state index contributed by atoms with van der Waals surface area (Å²) in [5.41, 5.74) is 11.7. The van der Waals surface area contributed by atoms with Crippen LogP contribution in [0.15, 0.2) is 194 Å². The second-order valence-electron chi connectivity index (χ2n) is 17.2. The van der Waals surface area contributed by atoms with Gasteiger partial charge in [-0.2, -0.15) is 0 Å². The molecule has 0 unspecified atom stereocenters. The largest absolute Gasteiger partial charge is 0.311 e. The third-order valence-corrected chi connectivity index (χ3v) is 15.1. The minimum atomic E-state index is -1.39. The lowest BCUT2D eigenvalue weighted by molar-refractivity contribution is 1.28. The highest BCUT2D eigenvalue weighted by Gasteiger charge is 2.20. The van der Waals surface area contributed by atoms with Crippen LogP contribution in [0.25, 0.3) is 34.1 Å². The fourth-order valence-corrected chi connectivity index (χ4v) is 9.88. The number of fused-ring (bicyclic) bond motifs is 1. The van der Waals surface area contributed by atoms with E-state index >= 15 is 0 Å². The number of rotatable bonds is 11. The van der Waals surface area contributed by atoms with Crippen LogP contribution in [0.2, 0.25) is 39.3 Å². The van der Waals surface area contributed by atoms with Gasteiger partial charge in [0.15, 0.2) is 0 Å². The standard InChI is InChI=1S/C54H52N2Si2/c1-57(2,3)53-35-31-50(32-36-53)55(47-13-9-7-10-14-47)49-28-25-44(26-29-49)43-22-19-41(20-23-43)17-18-42-21-24-46-40-52(30-27-45(46)39-42)56(48-15-11-8-12-16-48)51-33-37-54(38-34-51)58(4,5)6/h7-40H,1-6H3. The van der Waals surface area contributed by atoms with Gasteiger partial charge in [-0.15, -0.1) is 0 Å². The Balaban J connectivity index is 0.987. The van der Waals surface area contributed by atoms with Gasteiger partial charge in [0, 0.05) is 34.1 Å². The summed E-state index contributed by atoms with van der Waals surface area (Å²) in [5.74, 6) is 0. The Labute approximate surface area is 347 Å². The summed E-state index contributed by atoms with van der Waals surface area (Å²) in [7, 11) is -2.77. The van der Waals surface area contributed by atoms with Gasteiger partial charge in [-0.1, -0.05) is 177 Å². The highest BCUT2D eigenvalue weighted by atomic mass is 28.3. The molecule has 0 amide bonds. The molecule has 0 saturated carbocycles. The van der Waals surface area contributed by atoms with Gasteiger partial charge in [0.05, 0.1) is 16.1 Å². The molecular weight excluding hydrogens is 733 g/mol. The van der Waals surface area contributed by atoms with Crippen molar-refractivity contribution in [3.63, 3.8) is 0 Å². The lowest BCUT2D eigenvalue weighted by atomic mass is 10.0. The van der Waals surface area contributed by atoms with Crippen LogP contribution in [0.3, 0.4) is 0 Å². The van der Waals surface area contributed by atoms with E-state index in [4.69, 9.17) is 0 Å². The molecule has 4 heteroatoms. The Morgan fingerprint density at radius 3 is 1.14 bits per heavy atom. The number of benzene rings is 8. The molecule has 286 valence electrons. The van der Waals surface area contributed by atoms with Crippen molar-refractivity contribution >= 4 is 83.6 Å². The smallest absolute Gasteiger partial charge is 0.0775 e. The van der Waals surface area contributed by atoms with Crippen LogP contribution in [0.5, 0.6) is 0 Å². The van der Waals surface area contributed by atoms with Crippen molar-refractivity contribution in [1.82, 2.24) is 0 Å². The summed E-state index contributed by atoms with van der Waals surface area (Å²) in [6, 6.07) is 70.9. The Bertz CT molecular complexity index is 2640. The van der Waals surface area contributed by atoms with Crippen molar-refractivity contribution in [3.8, 4) is 11.1 Å². The van der Waals surface area contributed by atoms with Crippen molar-refractivity contribution in [2.45, 2.75) is 39.3 Å². The first-order chi connectivity index (χ1) is 28.0. The molecule has 0 bridgehead atoms.